The maximum absolute atomic E-state index is 13.0. The molecule has 1 N–H and O–H groups in total. The van der Waals surface area contributed by atoms with Gasteiger partial charge in [-0.25, -0.2) is 9.50 Å². The fraction of sp³-hybridized carbons (Fsp3) is 0.391. The van der Waals surface area contributed by atoms with Crippen LogP contribution in [0.3, 0.4) is 0 Å². The van der Waals surface area contributed by atoms with Gasteiger partial charge in [0, 0.05) is 37.4 Å². The Labute approximate surface area is 180 Å². The van der Waals surface area contributed by atoms with E-state index in [1.807, 2.05) is 42.0 Å². The third-order valence-corrected chi connectivity index (χ3v) is 5.82. The van der Waals surface area contributed by atoms with Crippen LogP contribution < -0.4 is 15.8 Å². The van der Waals surface area contributed by atoms with E-state index in [9.17, 15) is 4.79 Å². The third-order valence-electron chi connectivity index (χ3n) is 5.82. The summed E-state index contributed by atoms with van der Waals surface area (Å²) in [6.07, 6.45) is 4.61. The van der Waals surface area contributed by atoms with Crippen LogP contribution in [0.1, 0.15) is 32.2 Å². The average molecular weight is 418 g/mol. The summed E-state index contributed by atoms with van der Waals surface area (Å²) >= 11 is 0. The molecule has 2 atom stereocenters. The smallest absolute Gasteiger partial charge is 0.258 e. The SMILES string of the molecule is CCc1nc(C)cn2nc(-c3cc(=O)n4cc(N5C[C@@H](C)N[C@@H](C)C5)ccc4n3)cc12. The highest BCUT2D eigenvalue weighted by molar-refractivity contribution is 5.66. The summed E-state index contributed by atoms with van der Waals surface area (Å²) in [4.78, 5) is 24.6. The van der Waals surface area contributed by atoms with E-state index in [1.165, 1.54) is 0 Å². The standard InChI is InChI=1S/C23H27N7O/c1-5-18-21-8-20(27-30(21)12-16(4)25-18)19-9-23(31)29-13-17(6-7-22(29)26-19)28-10-14(2)24-15(3)11-28/h6-9,12-15,24H,5,10-11H2,1-4H3/t14-,15+. The molecular formula is C23H27N7O. The number of rotatable bonds is 3. The first kappa shape index (κ1) is 19.7. The van der Waals surface area contributed by atoms with Gasteiger partial charge in [-0.1, -0.05) is 6.92 Å². The maximum Gasteiger partial charge on any atom is 0.258 e. The lowest BCUT2D eigenvalue weighted by Gasteiger charge is -2.37. The molecule has 4 aromatic rings. The zero-order valence-electron chi connectivity index (χ0n) is 18.3. The number of nitrogens with zero attached hydrogens (tertiary/aromatic N) is 6. The topological polar surface area (TPSA) is 79.8 Å². The van der Waals surface area contributed by atoms with Crippen molar-refractivity contribution in [2.45, 2.75) is 46.2 Å². The molecule has 0 bridgehead atoms. The number of anilines is 1. The first-order valence-electron chi connectivity index (χ1n) is 10.8. The fourth-order valence-electron chi connectivity index (χ4n) is 4.52. The quantitative estimate of drug-likeness (QED) is 0.552. The molecule has 4 aromatic heterocycles. The lowest BCUT2D eigenvalue weighted by atomic mass is 10.1. The zero-order chi connectivity index (χ0) is 21.7. The van der Waals surface area contributed by atoms with Crippen molar-refractivity contribution >= 4 is 16.9 Å². The van der Waals surface area contributed by atoms with Gasteiger partial charge >= 0.3 is 0 Å². The van der Waals surface area contributed by atoms with Crippen molar-refractivity contribution in [3.05, 3.63) is 58.4 Å². The normalized spacial score (nSPS) is 19.4. The van der Waals surface area contributed by atoms with Gasteiger partial charge in [-0.2, -0.15) is 5.10 Å². The Morgan fingerprint density at radius 1 is 1.06 bits per heavy atom. The van der Waals surface area contributed by atoms with Crippen LogP contribution in [0.5, 0.6) is 0 Å². The molecule has 1 aliphatic heterocycles. The summed E-state index contributed by atoms with van der Waals surface area (Å²) in [6, 6.07) is 8.28. The van der Waals surface area contributed by atoms with E-state index in [0.717, 1.165) is 42.1 Å². The van der Waals surface area contributed by atoms with Crippen LogP contribution in [0.2, 0.25) is 0 Å². The molecule has 1 aliphatic rings. The molecule has 160 valence electrons. The van der Waals surface area contributed by atoms with E-state index in [2.05, 4.69) is 41.1 Å². The molecule has 31 heavy (non-hydrogen) atoms. The van der Waals surface area contributed by atoms with Gasteiger partial charge in [0.15, 0.2) is 0 Å². The van der Waals surface area contributed by atoms with Gasteiger partial charge < -0.3 is 10.2 Å². The van der Waals surface area contributed by atoms with Gasteiger partial charge in [0.05, 0.1) is 34.5 Å². The fourth-order valence-corrected chi connectivity index (χ4v) is 4.52. The van der Waals surface area contributed by atoms with Crippen molar-refractivity contribution in [1.82, 2.24) is 29.3 Å². The van der Waals surface area contributed by atoms with Crippen LogP contribution in [0.25, 0.3) is 22.6 Å². The van der Waals surface area contributed by atoms with E-state index in [1.54, 1.807) is 10.5 Å². The second-order valence-electron chi connectivity index (χ2n) is 8.51. The highest BCUT2D eigenvalue weighted by Gasteiger charge is 2.21. The molecule has 1 fully saturated rings. The molecule has 0 aliphatic carbocycles. The summed E-state index contributed by atoms with van der Waals surface area (Å²) in [7, 11) is 0. The second kappa shape index (κ2) is 7.46. The van der Waals surface area contributed by atoms with Gasteiger partial charge in [0.2, 0.25) is 0 Å². The van der Waals surface area contributed by atoms with Gasteiger partial charge in [-0.15, -0.1) is 0 Å². The van der Waals surface area contributed by atoms with Crippen LogP contribution >= 0.6 is 0 Å². The van der Waals surface area contributed by atoms with Crippen LogP contribution in [0.15, 0.2) is 41.5 Å². The Bertz CT molecular complexity index is 1330. The van der Waals surface area contributed by atoms with Crippen LogP contribution in [0.4, 0.5) is 5.69 Å². The minimum atomic E-state index is -0.111. The number of pyridine rings is 1. The van der Waals surface area contributed by atoms with Crippen molar-refractivity contribution in [3.63, 3.8) is 0 Å². The van der Waals surface area contributed by atoms with Crippen molar-refractivity contribution in [2.75, 3.05) is 18.0 Å². The summed E-state index contributed by atoms with van der Waals surface area (Å²) in [5, 5.41) is 8.20. The Morgan fingerprint density at radius 2 is 1.84 bits per heavy atom. The van der Waals surface area contributed by atoms with E-state index >= 15 is 0 Å². The molecule has 0 radical (unpaired) electrons. The Hall–Kier alpha value is -3.26. The lowest BCUT2D eigenvalue weighted by Crippen LogP contribution is -2.54. The van der Waals surface area contributed by atoms with Crippen molar-refractivity contribution < 1.29 is 0 Å². The number of aromatic nitrogens is 5. The highest BCUT2D eigenvalue weighted by atomic mass is 16.1. The van der Waals surface area contributed by atoms with Crippen molar-refractivity contribution in [2.24, 2.45) is 0 Å². The highest BCUT2D eigenvalue weighted by Crippen LogP contribution is 2.22. The number of piperazine rings is 1. The number of hydrogen-bond acceptors (Lipinski definition) is 6. The van der Waals surface area contributed by atoms with Crippen LogP contribution in [-0.2, 0) is 6.42 Å². The van der Waals surface area contributed by atoms with Crippen molar-refractivity contribution in [1.29, 1.82) is 0 Å². The summed E-state index contributed by atoms with van der Waals surface area (Å²) < 4.78 is 3.45. The zero-order valence-corrected chi connectivity index (χ0v) is 18.3. The predicted octanol–water partition coefficient (Wildman–Crippen LogP) is 2.46. The molecule has 0 saturated carbocycles. The molecule has 5 rings (SSSR count). The van der Waals surface area contributed by atoms with Crippen LogP contribution in [0, 0.1) is 6.92 Å². The Kier molecular flexibility index (Phi) is 4.74. The number of fused-ring (bicyclic) bond motifs is 2. The monoisotopic (exact) mass is 417 g/mol. The Morgan fingerprint density at radius 3 is 2.58 bits per heavy atom. The molecule has 0 amide bonds. The molecule has 5 heterocycles. The number of nitrogens with one attached hydrogen (secondary N) is 1. The largest absolute Gasteiger partial charge is 0.367 e. The van der Waals surface area contributed by atoms with Gasteiger partial charge in [-0.3, -0.25) is 14.2 Å². The molecule has 0 unspecified atom stereocenters. The van der Waals surface area contributed by atoms with E-state index < -0.39 is 0 Å². The molecular weight excluding hydrogens is 390 g/mol. The second-order valence-corrected chi connectivity index (χ2v) is 8.51. The number of aryl methyl sites for hydroxylation is 2. The van der Waals surface area contributed by atoms with Gasteiger partial charge in [0.1, 0.15) is 11.3 Å². The molecule has 1 saturated heterocycles. The van der Waals surface area contributed by atoms with Gasteiger partial charge in [0.25, 0.3) is 5.56 Å². The minimum Gasteiger partial charge on any atom is -0.367 e. The van der Waals surface area contributed by atoms with E-state index in [0.29, 0.717) is 29.1 Å². The predicted molar refractivity (Wildman–Crippen MR) is 122 cm³/mol. The van der Waals surface area contributed by atoms with Crippen LogP contribution in [-0.4, -0.2) is 49.2 Å². The summed E-state index contributed by atoms with van der Waals surface area (Å²) in [5.41, 5.74) is 5.63. The summed E-state index contributed by atoms with van der Waals surface area (Å²) in [5.74, 6) is 0. The first-order valence-corrected chi connectivity index (χ1v) is 10.8. The average Bonchev–Trinajstić information content (AvgIpc) is 3.16. The lowest BCUT2D eigenvalue weighted by molar-refractivity contribution is 0.407. The summed E-state index contributed by atoms with van der Waals surface area (Å²) in [6.45, 7) is 10.2. The van der Waals surface area contributed by atoms with Gasteiger partial charge in [-0.05, 0) is 45.4 Å². The van der Waals surface area contributed by atoms with Crippen molar-refractivity contribution in [3.8, 4) is 11.4 Å². The third kappa shape index (κ3) is 3.57. The maximum atomic E-state index is 13.0. The first-order chi connectivity index (χ1) is 14.9. The van der Waals surface area contributed by atoms with E-state index in [4.69, 9.17) is 4.98 Å². The molecule has 8 heteroatoms. The number of hydrogen-bond donors (Lipinski definition) is 1. The Balaban J connectivity index is 1.56. The molecule has 0 aromatic carbocycles. The van der Waals surface area contributed by atoms with E-state index in [-0.39, 0.29) is 5.56 Å². The minimum absolute atomic E-state index is 0.111. The molecule has 0 spiro atoms. The molecule has 8 nitrogen and oxygen atoms in total.